The van der Waals surface area contributed by atoms with Crippen molar-refractivity contribution in [3.8, 4) is 0 Å². The van der Waals surface area contributed by atoms with E-state index in [4.69, 9.17) is 31.1 Å². The van der Waals surface area contributed by atoms with E-state index < -0.39 is 17.3 Å². The van der Waals surface area contributed by atoms with Crippen LogP contribution in [0.4, 0.5) is 13.2 Å². The molecule has 178 valence electrons. The predicted octanol–water partition coefficient (Wildman–Crippen LogP) is 6.94. The van der Waals surface area contributed by atoms with Crippen molar-refractivity contribution in [2.45, 2.75) is 54.7 Å². The van der Waals surface area contributed by atoms with E-state index in [1.807, 2.05) is 32.9 Å². The quantitative estimate of drug-likeness (QED) is 0.448. The molecule has 0 unspecified atom stereocenters. The van der Waals surface area contributed by atoms with Crippen LogP contribution in [0.15, 0.2) is 62.2 Å². The van der Waals surface area contributed by atoms with Gasteiger partial charge < -0.3 is 9.47 Å². The number of rotatable bonds is 5. The monoisotopic (exact) mass is 498 g/mol. The molecular weight excluding hydrogens is 473 g/mol. The molecule has 0 fully saturated rings. The number of methoxy groups -OCH3 is 2. The molecule has 4 nitrogen and oxygen atoms in total. The second-order valence-corrected chi connectivity index (χ2v) is 9.87. The molecule has 1 aliphatic rings. The Morgan fingerprint density at radius 2 is 1.79 bits per heavy atom. The molecule has 2 atom stereocenters. The van der Waals surface area contributed by atoms with E-state index in [9.17, 15) is 13.2 Å². The van der Waals surface area contributed by atoms with E-state index in [1.54, 1.807) is 26.4 Å². The molecule has 2 aromatic rings. The van der Waals surface area contributed by atoms with Crippen molar-refractivity contribution in [3.63, 3.8) is 0 Å². The van der Waals surface area contributed by atoms with Crippen molar-refractivity contribution in [1.29, 1.82) is 0 Å². The van der Waals surface area contributed by atoms with E-state index in [1.165, 1.54) is 17.8 Å². The molecule has 0 aromatic heterocycles. The highest BCUT2D eigenvalue weighted by molar-refractivity contribution is 7.99. The number of ether oxygens (including phenoxy) is 2. The second-order valence-electron chi connectivity index (χ2n) is 8.31. The molecule has 9 heteroatoms. The van der Waals surface area contributed by atoms with Crippen molar-refractivity contribution in [3.05, 3.63) is 58.6 Å². The summed E-state index contributed by atoms with van der Waals surface area (Å²) in [5, 5.41) is 0.490. The first-order chi connectivity index (χ1) is 15.5. The molecular formula is C24H26ClF3N2O2S. The normalized spacial score (nSPS) is 21.0. The summed E-state index contributed by atoms with van der Waals surface area (Å²) in [5.74, 6) is 1.23. The van der Waals surface area contributed by atoms with Gasteiger partial charge in [0.2, 0.25) is 11.8 Å². The van der Waals surface area contributed by atoms with Gasteiger partial charge in [-0.25, -0.2) is 9.98 Å². The zero-order valence-corrected chi connectivity index (χ0v) is 20.6. The third kappa shape index (κ3) is 5.84. The minimum atomic E-state index is -4.38. The van der Waals surface area contributed by atoms with Gasteiger partial charge in [0.15, 0.2) is 0 Å². The van der Waals surface area contributed by atoms with Crippen LogP contribution in [0.5, 0.6) is 0 Å². The van der Waals surface area contributed by atoms with Crippen LogP contribution in [0.1, 0.15) is 31.9 Å². The number of hydrogen-bond donors (Lipinski definition) is 0. The number of hydrogen-bond acceptors (Lipinski definition) is 5. The minimum Gasteiger partial charge on any atom is -0.483 e. The highest BCUT2D eigenvalue weighted by Gasteiger charge is 2.40. The number of nitrogens with zero attached hydrogens (tertiary/aromatic N) is 2. The minimum absolute atomic E-state index is 0.189. The van der Waals surface area contributed by atoms with Crippen molar-refractivity contribution < 1.29 is 22.6 Å². The molecule has 0 bridgehead atoms. The molecule has 0 radical (unpaired) electrons. The predicted molar refractivity (Wildman–Crippen MR) is 127 cm³/mol. The fourth-order valence-electron chi connectivity index (χ4n) is 3.64. The van der Waals surface area contributed by atoms with Crippen LogP contribution in [0.2, 0.25) is 5.02 Å². The van der Waals surface area contributed by atoms with Crippen LogP contribution in [0.25, 0.3) is 0 Å². The topological polar surface area (TPSA) is 43.2 Å². The second kappa shape index (κ2) is 9.97. The van der Waals surface area contributed by atoms with Gasteiger partial charge in [-0.05, 0) is 48.7 Å². The van der Waals surface area contributed by atoms with E-state index >= 15 is 0 Å². The zero-order valence-electron chi connectivity index (χ0n) is 19.0. The van der Waals surface area contributed by atoms with Crippen LogP contribution in [0.3, 0.4) is 0 Å². The summed E-state index contributed by atoms with van der Waals surface area (Å²) >= 11 is 7.79. The number of halogens is 4. The molecule has 0 saturated heterocycles. The Morgan fingerprint density at radius 1 is 1.09 bits per heavy atom. The van der Waals surface area contributed by atoms with Gasteiger partial charge in [-0.15, -0.1) is 0 Å². The van der Waals surface area contributed by atoms with Gasteiger partial charge in [-0.2, -0.15) is 13.2 Å². The summed E-state index contributed by atoms with van der Waals surface area (Å²) in [5.41, 5.74) is -0.664. The van der Waals surface area contributed by atoms with Gasteiger partial charge in [-0.3, -0.25) is 0 Å². The third-order valence-electron chi connectivity index (χ3n) is 5.32. The van der Waals surface area contributed by atoms with Gasteiger partial charge in [0, 0.05) is 21.2 Å². The lowest BCUT2D eigenvalue weighted by Gasteiger charge is -2.34. The van der Waals surface area contributed by atoms with Gasteiger partial charge >= 0.3 is 6.18 Å². The Morgan fingerprint density at radius 3 is 2.36 bits per heavy atom. The van der Waals surface area contributed by atoms with Crippen molar-refractivity contribution >= 4 is 35.2 Å². The fourth-order valence-corrected chi connectivity index (χ4v) is 4.87. The highest BCUT2D eigenvalue weighted by atomic mass is 35.5. The van der Waals surface area contributed by atoms with Gasteiger partial charge in [0.25, 0.3) is 0 Å². The molecule has 1 aliphatic heterocycles. The zero-order chi connectivity index (χ0) is 24.4. The van der Waals surface area contributed by atoms with Crippen LogP contribution < -0.4 is 0 Å². The average Bonchev–Trinajstić information content (AvgIpc) is 2.74. The van der Waals surface area contributed by atoms with Crippen LogP contribution in [-0.4, -0.2) is 37.6 Å². The number of alkyl halides is 3. The van der Waals surface area contributed by atoms with Crippen LogP contribution >= 0.6 is 23.4 Å². The van der Waals surface area contributed by atoms with Crippen molar-refractivity contribution in [1.82, 2.24) is 0 Å². The maximum absolute atomic E-state index is 13.0. The molecule has 0 aliphatic carbocycles. The Kier molecular flexibility index (Phi) is 7.69. The Bertz CT molecular complexity index is 1070. The molecule has 1 heterocycles. The molecule has 33 heavy (non-hydrogen) atoms. The summed E-state index contributed by atoms with van der Waals surface area (Å²) in [4.78, 5) is 10.8. The van der Waals surface area contributed by atoms with E-state index in [0.29, 0.717) is 28.1 Å². The number of aliphatic imine (C=N–C) groups is 2. The van der Waals surface area contributed by atoms with Gasteiger partial charge in [0.05, 0.1) is 19.8 Å². The Labute approximate surface area is 201 Å². The smallest absolute Gasteiger partial charge is 0.416 e. The maximum Gasteiger partial charge on any atom is 0.416 e. The lowest BCUT2D eigenvalue weighted by atomic mass is 9.90. The molecule has 0 amide bonds. The molecule has 0 saturated carbocycles. The lowest BCUT2D eigenvalue weighted by Crippen LogP contribution is -2.46. The highest BCUT2D eigenvalue weighted by Crippen LogP contribution is 2.37. The first-order valence-corrected chi connectivity index (χ1v) is 11.6. The standard InChI is InChI=1S/C24H26ClF3N2O2S/c1-14(2)20-21(31-4)30-23(3,22(29-20)32-5)13-15-9-10-18(12-19(15)25)33-17-8-6-7-16(11-17)24(26,27)28/h6-12,14,20H,13H2,1-5H3/t20-,23+/m1/s1. The summed E-state index contributed by atoms with van der Waals surface area (Å²) in [7, 11) is 3.15. The third-order valence-corrected chi connectivity index (χ3v) is 6.65. The lowest BCUT2D eigenvalue weighted by molar-refractivity contribution is -0.137. The number of benzene rings is 2. The molecule has 0 N–H and O–H groups in total. The van der Waals surface area contributed by atoms with E-state index in [2.05, 4.69) is 0 Å². The Hall–Kier alpha value is -2.19. The summed E-state index contributed by atoms with van der Waals surface area (Å²) in [6.45, 7) is 5.99. The average molecular weight is 499 g/mol. The van der Waals surface area contributed by atoms with Crippen molar-refractivity contribution in [2.24, 2.45) is 15.9 Å². The largest absolute Gasteiger partial charge is 0.483 e. The van der Waals surface area contributed by atoms with Gasteiger partial charge in [0.1, 0.15) is 11.6 Å². The van der Waals surface area contributed by atoms with Gasteiger partial charge in [-0.1, -0.05) is 49.3 Å². The molecule has 2 aromatic carbocycles. The van der Waals surface area contributed by atoms with Crippen LogP contribution in [0, 0.1) is 5.92 Å². The first kappa shape index (κ1) is 25.4. The fraction of sp³-hybridized carbons (Fsp3) is 0.417. The SMILES string of the molecule is COC1=N[C@@](C)(Cc2ccc(Sc3cccc(C(F)(F)F)c3)cc2Cl)C(OC)=N[C@@H]1C(C)C. The maximum atomic E-state index is 13.0. The van der Waals surface area contributed by atoms with Crippen molar-refractivity contribution in [2.75, 3.05) is 14.2 Å². The van der Waals surface area contributed by atoms with E-state index in [0.717, 1.165) is 22.6 Å². The molecule has 0 spiro atoms. The summed E-state index contributed by atoms with van der Waals surface area (Å²) in [6.07, 6.45) is -3.96. The molecule has 3 rings (SSSR count). The van der Waals surface area contributed by atoms with E-state index in [-0.39, 0.29) is 12.0 Å². The summed E-state index contributed by atoms with van der Waals surface area (Å²) in [6, 6.07) is 10.4. The van der Waals surface area contributed by atoms with Crippen LogP contribution in [-0.2, 0) is 22.1 Å². The Balaban J connectivity index is 1.84. The summed E-state index contributed by atoms with van der Waals surface area (Å²) < 4.78 is 50.1. The first-order valence-electron chi connectivity index (χ1n) is 10.4.